The van der Waals surface area contributed by atoms with Crippen molar-refractivity contribution >= 4 is 0 Å². The van der Waals surface area contributed by atoms with Crippen LogP contribution in [-0.4, -0.2) is 9.97 Å². The number of nitrogens with zero attached hydrogens (tertiary/aromatic N) is 1. The summed E-state index contributed by atoms with van der Waals surface area (Å²) in [5.41, 5.74) is 10.6. The largest absolute Gasteiger partial charge is 0.345 e. The maximum Gasteiger partial charge on any atom is 0.103 e. The lowest BCUT2D eigenvalue weighted by Gasteiger charge is -2.04. The van der Waals surface area contributed by atoms with Gasteiger partial charge in [0.25, 0.3) is 0 Å². The Labute approximate surface area is 102 Å². The average Bonchev–Trinajstić information content (AvgIpc) is 2.69. The number of nitrogens with one attached hydrogen (secondary N) is 1. The van der Waals surface area contributed by atoms with Gasteiger partial charge in [-0.1, -0.05) is 24.3 Å². The number of hydrogen-bond donors (Lipinski definition) is 2. The van der Waals surface area contributed by atoms with Gasteiger partial charge in [-0.25, -0.2) is 4.98 Å². The Hall–Kier alpha value is -1.61. The molecule has 3 nitrogen and oxygen atoms in total. The first-order chi connectivity index (χ1) is 8.20. The van der Waals surface area contributed by atoms with Crippen LogP contribution in [0.4, 0.5) is 0 Å². The minimum atomic E-state index is 0.532. The summed E-state index contributed by atoms with van der Waals surface area (Å²) in [6.45, 7) is 4.65. The summed E-state index contributed by atoms with van der Waals surface area (Å²) in [7, 11) is 0. The van der Waals surface area contributed by atoms with Crippen LogP contribution in [0.5, 0.6) is 0 Å². The molecule has 1 aromatic heterocycles. The average molecular weight is 229 g/mol. The van der Waals surface area contributed by atoms with Crippen molar-refractivity contribution in [3.8, 4) is 0 Å². The van der Waals surface area contributed by atoms with Gasteiger partial charge in [0.05, 0.1) is 11.4 Å². The highest BCUT2D eigenvalue weighted by atomic mass is 14.9. The van der Waals surface area contributed by atoms with E-state index in [4.69, 9.17) is 5.73 Å². The first-order valence-corrected chi connectivity index (χ1v) is 5.99. The Balaban J connectivity index is 2.09. The summed E-state index contributed by atoms with van der Waals surface area (Å²) in [5.74, 6) is 0.949. The third-order valence-corrected chi connectivity index (χ3v) is 3.08. The Kier molecular flexibility index (Phi) is 3.59. The van der Waals surface area contributed by atoms with Crippen LogP contribution in [0.1, 0.15) is 28.3 Å². The summed E-state index contributed by atoms with van der Waals surface area (Å²) in [4.78, 5) is 7.70. The smallest absolute Gasteiger partial charge is 0.103 e. The lowest BCUT2D eigenvalue weighted by molar-refractivity contribution is 0.879. The quantitative estimate of drug-likeness (QED) is 0.845. The number of nitrogens with two attached hydrogens (primary N) is 1. The van der Waals surface area contributed by atoms with E-state index in [0.29, 0.717) is 6.54 Å². The highest BCUT2D eigenvalue weighted by Crippen LogP contribution is 2.13. The van der Waals surface area contributed by atoms with E-state index in [-0.39, 0.29) is 0 Å². The van der Waals surface area contributed by atoms with Gasteiger partial charge in [0.1, 0.15) is 5.82 Å². The molecule has 0 spiro atoms. The minimum Gasteiger partial charge on any atom is -0.345 e. The van der Waals surface area contributed by atoms with E-state index in [1.54, 1.807) is 0 Å². The highest BCUT2D eigenvalue weighted by molar-refractivity contribution is 5.27. The fourth-order valence-electron chi connectivity index (χ4n) is 2.11. The molecule has 90 valence electrons. The van der Waals surface area contributed by atoms with Crippen LogP contribution >= 0.6 is 0 Å². The predicted molar refractivity (Wildman–Crippen MR) is 69.8 cm³/mol. The Morgan fingerprint density at radius 3 is 2.65 bits per heavy atom. The van der Waals surface area contributed by atoms with Gasteiger partial charge < -0.3 is 10.7 Å². The van der Waals surface area contributed by atoms with Crippen LogP contribution < -0.4 is 5.73 Å². The van der Waals surface area contributed by atoms with E-state index in [2.05, 4.69) is 41.2 Å². The molecule has 1 heterocycles. The molecule has 0 aliphatic rings. The molecule has 3 heteroatoms. The van der Waals surface area contributed by atoms with Gasteiger partial charge in [-0.2, -0.15) is 0 Å². The molecule has 2 rings (SSSR count). The van der Waals surface area contributed by atoms with E-state index < -0.39 is 0 Å². The summed E-state index contributed by atoms with van der Waals surface area (Å²) in [6, 6.07) is 8.48. The molecular formula is C14H19N3. The van der Waals surface area contributed by atoms with E-state index in [1.165, 1.54) is 11.1 Å². The monoisotopic (exact) mass is 229 g/mol. The molecule has 0 aliphatic heterocycles. The molecule has 0 amide bonds. The molecule has 0 bridgehead atoms. The van der Waals surface area contributed by atoms with Crippen molar-refractivity contribution in [2.45, 2.75) is 33.2 Å². The molecular weight excluding hydrogens is 210 g/mol. The molecule has 1 aromatic carbocycles. The molecule has 17 heavy (non-hydrogen) atoms. The topological polar surface area (TPSA) is 54.7 Å². The van der Waals surface area contributed by atoms with Gasteiger partial charge in [0.2, 0.25) is 0 Å². The summed E-state index contributed by atoms with van der Waals surface area (Å²) < 4.78 is 0. The lowest BCUT2D eigenvalue weighted by atomic mass is 10.0. The maximum absolute atomic E-state index is 5.69. The van der Waals surface area contributed by atoms with Crippen molar-refractivity contribution in [3.05, 3.63) is 52.6 Å². The SMILES string of the molecule is Cc1nc(CCc2ccccc2C)c(CN)[nH]1. The molecule has 3 N–H and O–H groups in total. The van der Waals surface area contributed by atoms with E-state index >= 15 is 0 Å². The Morgan fingerprint density at radius 2 is 1.94 bits per heavy atom. The van der Waals surface area contributed by atoms with Gasteiger partial charge in [-0.15, -0.1) is 0 Å². The van der Waals surface area contributed by atoms with E-state index in [0.717, 1.165) is 30.1 Å². The second-order valence-corrected chi connectivity index (χ2v) is 4.38. The molecule has 0 radical (unpaired) electrons. The predicted octanol–water partition coefficient (Wildman–Crippen LogP) is 2.27. The number of rotatable bonds is 4. The Bertz CT molecular complexity index is 500. The summed E-state index contributed by atoms with van der Waals surface area (Å²) >= 11 is 0. The van der Waals surface area contributed by atoms with Crippen molar-refractivity contribution in [3.63, 3.8) is 0 Å². The first-order valence-electron chi connectivity index (χ1n) is 5.99. The third kappa shape index (κ3) is 2.74. The molecule has 0 saturated heterocycles. The van der Waals surface area contributed by atoms with Crippen molar-refractivity contribution in [1.82, 2.24) is 9.97 Å². The number of H-pyrrole nitrogens is 1. The van der Waals surface area contributed by atoms with Crippen LogP contribution in [-0.2, 0) is 19.4 Å². The van der Waals surface area contributed by atoms with Crippen LogP contribution in [0.2, 0.25) is 0 Å². The first kappa shape index (κ1) is 11.9. The van der Waals surface area contributed by atoms with Gasteiger partial charge in [0.15, 0.2) is 0 Å². The minimum absolute atomic E-state index is 0.532. The maximum atomic E-state index is 5.69. The zero-order chi connectivity index (χ0) is 12.3. The number of aryl methyl sites for hydroxylation is 4. The highest BCUT2D eigenvalue weighted by Gasteiger charge is 2.07. The number of hydrogen-bond acceptors (Lipinski definition) is 2. The Morgan fingerprint density at radius 1 is 1.18 bits per heavy atom. The van der Waals surface area contributed by atoms with E-state index in [9.17, 15) is 0 Å². The zero-order valence-corrected chi connectivity index (χ0v) is 10.5. The van der Waals surface area contributed by atoms with Gasteiger partial charge in [0, 0.05) is 6.54 Å². The molecule has 0 unspecified atom stereocenters. The van der Waals surface area contributed by atoms with Crippen molar-refractivity contribution in [1.29, 1.82) is 0 Å². The molecule has 0 saturated carbocycles. The van der Waals surface area contributed by atoms with Crippen molar-refractivity contribution in [2.24, 2.45) is 5.73 Å². The number of benzene rings is 1. The van der Waals surface area contributed by atoms with Crippen molar-refractivity contribution < 1.29 is 0 Å². The fraction of sp³-hybridized carbons (Fsp3) is 0.357. The second-order valence-electron chi connectivity index (χ2n) is 4.38. The van der Waals surface area contributed by atoms with Crippen LogP contribution in [0.15, 0.2) is 24.3 Å². The van der Waals surface area contributed by atoms with Gasteiger partial charge in [-0.05, 0) is 37.8 Å². The van der Waals surface area contributed by atoms with E-state index in [1.807, 2.05) is 6.92 Å². The second kappa shape index (κ2) is 5.15. The van der Waals surface area contributed by atoms with Crippen molar-refractivity contribution in [2.75, 3.05) is 0 Å². The standard InChI is InChI=1S/C14H19N3/c1-10-5-3-4-6-12(10)7-8-13-14(9-15)17-11(2)16-13/h3-6H,7-9,15H2,1-2H3,(H,16,17). The molecule has 0 aliphatic carbocycles. The van der Waals surface area contributed by atoms with Gasteiger partial charge in [-0.3, -0.25) is 0 Å². The lowest BCUT2D eigenvalue weighted by Crippen LogP contribution is -2.03. The summed E-state index contributed by atoms with van der Waals surface area (Å²) in [6.07, 6.45) is 1.96. The number of aromatic amines is 1. The van der Waals surface area contributed by atoms with Crippen LogP contribution in [0.3, 0.4) is 0 Å². The normalized spacial score (nSPS) is 10.8. The number of aromatic nitrogens is 2. The third-order valence-electron chi connectivity index (χ3n) is 3.08. The fourth-order valence-corrected chi connectivity index (χ4v) is 2.11. The van der Waals surface area contributed by atoms with Crippen LogP contribution in [0.25, 0.3) is 0 Å². The molecule has 0 atom stereocenters. The zero-order valence-electron chi connectivity index (χ0n) is 10.5. The summed E-state index contributed by atoms with van der Waals surface area (Å²) in [5, 5.41) is 0. The van der Waals surface area contributed by atoms with Gasteiger partial charge >= 0.3 is 0 Å². The van der Waals surface area contributed by atoms with Crippen LogP contribution in [0, 0.1) is 13.8 Å². The molecule has 0 fully saturated rings. The number of imidazole rings is 1. The molecule has 2 aromatic rings.